The van der Waals surface area contributed by atoms with Crippen LogP contribution in [0.2, 0.25) is 0 Å². The molecule has 114 valence electrons. The number of amides is 1. The van der Waals surface area contributed by atoms with E-state index in [0.717, 1.165) is 0 Å². The third-order valence-corrected chi connectivity index (χ3v) is 4.07. The Morgan fingerprint density at radius 1 is 1.29 bits per heavy atom. The molecule has 2 heterocycles. The number of rotatable bonds is 3. The predicted molar refractivity (Wildman–Crippen MR) is 80.2 cm³/mol. The minimum absolute atomic E-state index is 0.126. The number of nitrogens with one attached hydrogen (secondary N) is 2. The van der Waals surface area contributed by atoms with Crippen LogP contribution in [0.3, 0.4) is 0 Å². The zero-order valence-corrected chi connectivity index (χ0v) is 12.2. The summed E-state index contributed by atoms with van der Waals surface area (Å²) in [6.45, 7) is 2.37. The van der Waals surface area contributed by atoms with Crippen LogP contribution in [-0.2, 0) is 4.79 Å². The van der Waals surface area contributed by atoms with Gasteiger partial charge in [-0.3, -0.25) is 4.79 Å². The quantitative estimate of drug-likeness (QED) is 0.784. The van der Waals surface area contributed by atoms with Gasteiger partial charge >= 0.3 is 0 Å². The maximum absolute atomic E-state index is 11.8. The second-order valence-corrected chi connectivity index (χ2v) is 5.78. The molecule has 0 spiro atoms. The van der Waals surface area contributed by atoms with Crippen molar-refractivity contribution >= 4 is 23.4 Å². The molecular formula is C14H21N5O2. The first-order chi connectivity index (χ1) is 10.1. The lowest BCUT2D eigenvalue weighted by molar-refractivity contribution is -0.116. The van der Waals surface area contributed by atoms with Crippen LogP contribution in [0, 0.1) is 5.92 Å². The van der Waals surface area contributed by atoms with Crippen molar-refractivity contribution < 1.29 is 9.53 Å². The van der Waals surface area contributed by atoms with Gasteiger partial charge in [0.2, 0.25) is 17.7 Å². The summed E-state index contributed by atoms with van der Waals surface area (Å²) in [5, 5.41) is 5.79. The number of hydrogen-bond donors (Lipinski definition) is 3. The molecule has 1 saturated carbocycles. The van der Waals surface area contributed by atoms with Gasteiger partial charge in [0.15, 0.2) is 5.82 Å². The fraction of sp³-hybridized carbons (Fsp3) is 0.643. The highest BCUT2D eigenvalue weighted by Crippen LogP contribution is 2.34. The molecule has 1 amide bonds. The van der Waals surface area contributed by atoms with Crippen molar-refractivity contribution in [2.24, 2.45) is 5.92 Å². The maximum Gasteiger partial charge on any atom is 0.246 e. The Hall–Kier alpha value is -2.05. The van der Waals surface area contributed by atoms with Gasteiger partial charge in [0.1, 0.15) is 11.7 Å². The molecule has 1 fully saturated rings. The summed E-state index contributed by atoms with van der Waals surface area (Å²) in [7, 11) is 0. The molecule has 0 unspecified atom stereocenters. The second kappa shape index (κ2) is 5.75. The first kappa shape index (κ1) is 13.9. The number of nitrogens with zero attached hydrogens (tertiary/aromatic N) is 2. The van der Waals surface area contributed by atoms with E-state index in [1.165, 1.54) is 32.1 Å². The van der Waals surface area contributed by atoms with Gasteiger partial charge in [0.25, 0.3) is 0 Å². The fourth-order valence-electron chi connectivity index (χ4n) is 2.83. The van der Waals surface area contributed by atoms with E-state index < -0.39 is 0 Å². The predicted octanol–water partition coefficient (Wildman–Crippen LogP) is 1.77. The largest absolute Gasteiger partial charge is 0.476 e. The van der Waals surface area contributed by atoms with E-state index in [-0.39, 0.29) is 17.9 Å². The lowest BCUT2D eigenvalue weighted by Gasteiger charge is -2.26. The molecule has 1 aromatic rings. The van der Waals surface area contributed by atoms with Gasteiger partial charge in [0, 0.05) is 0 Å². The summed E-state index contributed by atoms with van der Waals surface area (Å²) in [5.41, 5.74) is 6.21. The molecule has 1 aromatic heterocycles. The smallest absolute Gasteiger partial charge is 0.246 e. The Balaban J connectivity index is 1.76. The summed E-state index contributed by atoms with van der Waals surface area (Å²) < 4.78 is 5.82. The van der Waals surface area contributed by atoms with Crippen LogP contribution in [0.1, 0.15) is 39.0 Å². The van der Waals surface area contributed by atoms with Crippen LogP contribution in [0.5, 0.6) is 5.88 Å². The van der Waals surface area contributed by atoms with Gasteiger partial charge in [-0.25, -0.2) is 0 Å². The Kier molecular flexibility index (Phi) is 3.81. The number of carbonyl (C=O) groups is 1. The number of aromatic nitrogens is 2. The van der Waals surface area contributed by atoms with Crippen molar-refractivity contribution in [3.05, 3.63) is 0 Å². The average molecular weight is 291 g/mol. The summed E-state index contributed by atoms with van der Waals surface area (Å²) in [6, 6.07) is -0.349. The van der Waals surface area contributed by atoms with Crippen molar-refractivity contribution in [3.63, 3.8) is 0 Å². The maximum atomic E-state index is 11.8. The van der Waals surface area contributed by atoms with Crippen LogP contribution in [0.4, 0.5) is 17.5 Å². The molecule has 7 heteroatoms. The van der Waals surface area contributed by atoms with E-state index in [2.05, 4.69) is 20.6 Å². The highest BCUT2D eigenvalue weighted by Gasteiger charge is 2.27. The van der Waals surface area contributed by atoms with Crippen molar-refractivity contribution in [2.75, 3.05) is 23.0 Å². The van der Waals surface area contributed by atoms with Gasteiger partial charge in [-0.2, -0.15) is 9.97 Å². The van der Waals surface area contributed by atoms with E-state index in [1.54, 1.807) is 6.92 Å². The molecule has 7 nitrogen and oxygen atoms in total. The standard InChI is InChI=1S/C14H21N5O2/c1-8-12(20)17-10-11(16-8)18-14(15)19-13(10)21-7-9-5-3-2-4-6-9/h8-9H,2-7H2,1H3,(H,17,20)(H3,15,16,18,19)/t8-/m1/s1. The molecule has 1 aliphatic carbocycles. The lowest BCUT2D eigenvalue weighted by Crippen LogP contribution is -2.37. The third-order valence-electron chi connectivity index (χ3n) is 4.07. The minimum Gasteiger partial charge on any atom is -0.476 e. The van der Waals surface area contributed by atoms with Gasteiger partial charge < -0.3 is 21.1 Å². The van der Waals surface area contributed by atoms with Crippen molar-refractivity contribution in [2.45, 2.75) is 45.1 Å². The first-order valence-electron chi connectivity index (χ1n) is 7.51. The molecule has 0 radical (unpaired) electrons. The molecule has 0 saturated heterocycles. The Labute approximate surface area is 123 Å². The average Bonchev–Trinajstić information content (AvgIpc) is 2.48. The second-order valence-electron chi connectivity index (χ2n) is 5.78. The summed E-state index contributed by atoms with van der Waals surface area (Å²) in [4.78, 5) is 20.0. The van der Waals surface area contributed by atoms with Crippen molar-refractivity contribution in [1.82, 2.24) is 9.97 Å². The molecule has 0 aromatic carbocycles. The van der Waals surface area contributed by atoms with E-state index in [9.17, 15) is 4.79 Å². The molecule has 1 atom stereocenters. The molecule has 1 aliphatic heterocycles. The Bertz CT molecular complexity index is 542. The fourth-order valence-corrected chi connectivity index (χ4v) is 2.83. The van der Waals surface area contributed by atoms with Crippen LogP contribution in [0.25, 0.3) is 0 Å². The molecule has 3 rings (SSSR count). The molecule has 4 N–H and O–H groups in total. The monoisotopic (exact) mass is 291 g/mol. The van der Waals surface area contributed by atoms with E-state index in [0.29, 0.717) is 29.9 Å². The van der Waals surface area contributed by atoms with Gasteiger partial charge in [0.05, 0.1) is 6.61 Å². The highest BCUT2D eigenvalue weighted by atomic mass is 16.5. The summed E-state index contributed by atoms with van der Waals surface area (Å²) in [6.07, 6.45) is 6.20. The lowest BCUT2D eigenvalue weighted by atomic mass is 9.90. The zero-order valence-electron chi connectivity index (χ0n) is 12.2. The normalized spacial score (nSPS) is 22.1. The van der Waals surface area contributed by atoms with Crippen molar-refractivity contribution in [1.29, 1.82) is 0 Å². The zero-order chi connectivity index (χ0) is 14.8. The van der Waals surface area contributed by atoms with Crippen LogP contribution >= 0.6 is 0 Å². The molecular weight excluding hydrogens is 270 g/mol. The minimum atomic E-state index is -0.349. The Morgan fingerprint density at radius 2 is 2.05 bits per heavy atom. The topological polar surface area (TPSA) is 102 Å². The van der Waals surface area contributed by atoms with Crippen LogP contribution < -0.4 is 21.1 Å². The van der Waals surface area contributed by atoms with Crippen LogP contribution in [-0.4, -0.2) is 28.5 Å². The number of hydrogen-bond acceptors (Lipinski definition) is 6. The highest BCUT2D eigenvalue weighted by molar-refractivity contribution is 6.03. The number of nitrogen functional groups attached to an aromatic ring is 1. The van der Waals surface area contributed by atoms with Crippen molar-refractivity contribution in [3.8, 4) is 5.88 Å². The number of ether oxygens (including phenoxy) is 1. The summed E-state index contributed by atoms with van der Waals surface area (Å²) in [5.74, 6) is 1.45. The number of nitrogens with two attached hydrogens (primary N) is 1. The van der Waals surface area contributed by atoms with Gasteiger partial charge in [-0.05, 0) is 25.7 Å². The van der Waals surface area contributed by atoms with Gasteiger partial charge in [-0.15, -0.1) is 0 Å². The van der Waals surface area contributed by atoms with E-state index >= 15 is 0 Å². The van der Waals surface area contributed by atoms with Gasteiger partial charge in [-0.1, -0.05) is 19.3 Å². The molecule has 0 bridgehead atoms. The number of carbonyl (C=O) groups excluding carboxylic acids is 1. The van der Waals surface area contributed by atoms with E-state index in [1.807, 2.05) is 0 Å². The summed E-state index contributed by atoms with van der Waals surface area (Å²) >= 11 is 0. The Morgan fingerprint density at radius 3 is 2.81 bits per heavy atom. The third kappa shape index (κ3) is 3.01. The number of fused-ring (bicyclic) bond motifs is 1. The molecule has 2 aliphatic rings. The first-order valence-corrected chi connectivity index (χ1v) is 7.51. The molecule has 21 heavy (non-hydrogen) atoms. The SMILES string of the molecule is C[C@H]1Nc2nc(N)nc(OCC3CCCCC3)c2NC1=O. The van der Waals surface area contributed by atoms with Crippen LogP contribution in [0.15, 0.2) is 0 Å². The number of anilines is 3. The van der Waals surface area contributed by atoms with E-state index in [4.69, 9.17) is 10.5 Å².